The first-order valence-corrected chi connectivity index (χ1v) is 7.13. The average Bonchev–Trinajstić information content (AvgIpc) is 2.75. The van der Waals surface area contributed by atoms with Crippen molar-refractivity contribution in [3.8, 4) is 0 Å². The average molecular weight is 282 g/mol. The van der Waals surface area contributed by atoms with Crippen LogP contribution in [0.5, 0.6) is 0 Å². The molecule has 0 saturated heterocycles. The van der Waals surface area contributed by atoms with Crippen LogP contribution >= 0.6 is 0 Å². The monoisotopic (exact) mass is 282 g/mol. The Bertz CT molecular complexity index is 490. The maximum absolute atomic E-state index is 11.8. The first-order chi connectivity index (χ1) is 9.15. The summed E-state index contributed by atoms with van der Waals surface area (Å²) in [5.41, 5.74) is -0.556. The molecule has 1 heterocycles. The third kappa shape index (κ3) is 1.76. The van der Waals surface area contributed by atoms with E-state index in [-0.39, 0.29) is 24.4 Å². The topological polar surface area (TPSA) is 87.0 Å². The van der Waals surface area contributed by atoms with Gasteiger partial charge in [-0.2, -0.15) is 0 Å². The van der Waals surface area contributed by atoms with E-state index in [9.17, 15) is 20.1 Å². The molecular weight excluding hydrogens is 260 g/mol. The van der Waals surface area contributed by atoms with Gasteiger partial charge in [-0.1, -0.05) is 13.8 Å². The number of carbonyl (C=O) groups excluding carboxylic acids is 1. The highest BCUT2D eigenvalue weighted by molar-refractivity contribution is 5.93. The van der Waals surface area contributed by atoms with Crippen LogP contribution in [0.25, 0.3) is 0 Å². The Morgan fingerprint density at radius 3 is 2.55 bits per heavy atom. The first kappa shape index (κ1) is 14.0. The number of rotatable bonds is 0. The Morgan fingerprint density at radius 2 is 1.90 bits per heavy atom. The molecule has 0 radical (unpaired) electrons. The van der Waals surface area contributed by atoms with Gasteiger partial charge < -0.3 is 20.1 Å². The number of fused-ring (bicyclic) bond motifs is 1. The van der Waals surface area contributed by atoms with Crippen LogP contribution in [0.4, 0.5) is 0 Å². The smallest absolute Gasteiger partial charge is 0.337 e. The molecule has 5 atom stereocenters. The van der Waals surface area contributed by atoms with Crippen molar-refractivity contribution in [1.29, 1.82) is 0 Å². The lowest BCUT2D eigenvalue weighted by Gasteiger charge is -2.37. The van der Waals surface area contributed by atoms with Crippen molar-refractivity contribution in [2.24, 2.45) is 17.3 Å². The lowest BCUT2D eigenvalue weighted by molar-refractivity contribution is -0.138. The fourth-order valence-corrected chi connectivity index (χ4v) is 4.38. The zero-order chi connectivity index (χ0) is 14.9. The molecule has 0 spiro atoms. The minimum Gasteiger partial charge on any atom is -0.458 e. The number of hydrogen-bond donors (Lipinski definition) is 3. The summed E-state index contributed by atoms with van der Waals surface area (Å²) in [6, 6.07) is 0. The van der Waals surface area contributed by atoms with Crippen LogP contribution in [0.1, 0.15) is 33.6 Å². The Morgan fingerprint density at radius 1 is 1.25 bits per heavy atom. The molecule has 5 heteroatoms. The summed E-state index contributed by atoms with van der Waals surface area (Å²) in [4.78, 5) is 11.8. The molecule has 1 saturated carbocycles. The summed E-state index contributed by atoms with van der Waals surface area (Å²) in [5, 5.41) is 32.0. The van der Waals surface area contributed by atoms with Crippen LogP contribution in [0, 0.1) is 17.3 Å². The summed E-state index contributed by atoms with van der Waals surface area (Å²) in [5.74, 6) is -1.25. The van der Waals surface area contributed by atoms with Crippen molar-refractivity contribution in [2.75, 3.05) is 6.61 Å². The van der Waals surface area contributed by atoms with Crippen molar-refractivity contribution in [3.63, 3.8) is 0 Å². The molecule has 0 amide bonds. The summed E-state index contributed by atoms with van der Waals surface area (Å²) in [7, 11) is 0. The van der Waals surface area contributed by atoms with Crippen molar-refractivity contribution in [1.82, 2.24) is 0 Å². The van der Waals surface area contributed by atoms with E-state index in [2.05, 4.69) is 0 Å². The fraction of sp³-hybridized carbons (Fsp3) is 0.800. The summed E-state index contributed by atoms with van der Waals surface area (Å²) in [6.07, 6.45) is -0.830. The predicted molar refractivity (Wildman–Crippen MR) is 70.6 cm³/mol. The van der Waals surface area contributed by atoms with E-state index >= 15 is 0 Å². The molecule has 2 aliphatic carbocycles. The first-order valence-electron chi connectivity index (χ1n) is 7.13. The van der Waals surface area contributed by atoms with E-state index in [1.807, 2.05) is 13.8 Å². The number of carbonyl (C=O) groups is 1. The molecule has 3 N–H and O–H groups in total. The van der Waals surface area contributed by atoms with Gasteiger partial charge in [-0.05, 0) is 30.3 Å². The molecule has 0 unspecified atom stereocenters. The van der Waals surface area contributed by atoms with Gasteiger partial charge in [0.05, 0.1) is 23.4 Å². The van der Waals surface area contributed by atoms with Gasteiger partial charge in [-0.3, -0.25) is 0 Å². The minimum absolute atomic E-state index is 0.139. The van der Waals surface area contributed by atoms with Crippen LogP contribution < -0.4 is 0 Å². The van der Waals surface area contributed by atoms with Crippen LogP contribution in [0.15, 0.2) is 11.1 Å². The highest BCUT2D eigenvalue weighted by Gasteiger charge is 2.59. The molecule has 5 nitrogen and oxygen atoms in total. The minimum atomic E-state index is -1.15. The summed E-state index contributed by atoms with van der Waals surface area (Å²) < 4.78 is 5.00. The van der Waals surface area contributed by atoms with Crippen LogP contribution in [-0.2, 0) is 9.53 Å². The van der Waals surface area contributed by atoms with Gasteiger partial charge in [0.2, 0.25) is 0 Å². The van der Waals surface area contributed by atoms with Gasteiger partial charge in [0.15, 0.2) is 0 Å². The Hall–Kier alpha value is -0.910. The Balaban J connectivity index is 2.08. The zero-order valence-corrected chi connectivity index (χ0v) is 12.1. The lowest BCUT2D eigenvalue weighted by Crippen LogP contribution is -2.46. The van der Waals surface area contributed by atoms with Crippen LogP contribution in [0.2, 0.25) is 0 Å². The van der Waals surface area contributed by atoms with Gasteiger partial charge in [0, 0.05) is 12.3 Å². The second kappa shape index (κ2) is 4.06. The second-order valence-electron chi connectivity index (χ2n) is 7.40. The largest absolute Gasteiger partial charge is 0.458 e. The van der Waals surface area contributed by atoms with E-state index in [4.69, 9.17) is 4.74 Å². The normalized spacial score (nSPS) is 46.8. The fourth-order valence-electron chi connectivity index (χ4n) is 4.38. The van der Waals surface area contributed by atoms with Gasteiger partial charge in [-0.15, -0.1) is 0 Å². The number of hydrogen-bond acceptors (Lipinski definition) is 5. The predicted octanol–water partition coefficient (Wildman–Crippen LogP) is 0.379. The number of cyclic esters (lactones) is 1. The van der Waals surface area contributed by atoms with E-state index in [0.717, 1.165) is 0 Å². The van der Waals surface area contributed by atoms with Gasteiger partial charge in [-0.25, -0.2) is 4.79 Å². The summed E-state index contributed by atoms with van der Waals surface area (Å²) >= 11 is 0. The van der Waals surface area contributed by atoms with E-state index in [1.54, 1.807) is 6.92 Å². The molecule has 1 fully saturated rings. The maximum Gasteiger partial charge on any atom is 0.337 e. The van der Waals surface area contributed by atoms with Crippen molar-refractivity contribution in [3.05, 3.63) is 11.1 Å². The molecule has 112 valence electrons. The molecule has 1 aliphatic heterocycles. The summed E-state index contributed by atoms with van der Waals surface area (Å²) in [6.45, 7) is 5.68. The molecular formula is C15H22O5. The standard InChI is InChI=1S/C15H22O5/c1-14(2)5-8-10(12(14)17)15(3,19)4-7-6-20-13(18)9(7)11(8)16/h8,10-12,16-17,19H,4-6H2,1-3H3/t8-,10-,11+,12-,15+/m1/s1. The van der Waals surface area contributed by atoms with Gasteiger partial charge in [0.1, 0.15) is 6.61 Å². The number of esters is 1. The zero-order valence-electron chi connectivity index (χ0n) is 12.1. The van der Waals surface area contributed by atoms with E-state index < -0.39 is 29.7 Å². The van der Waals surface area contributed by atoms with Crippen LogP contribution in [0.3, 0.4) is 0 Å². The number of ether oxygens (including phenoxy) is 1. The molecule has 3 rings (SSSR count). The number of aliphatic hydroxyl groups is 3. The molecule has 0 aromatic carbocycles. The number of aliphatic hydroxyl groups excluding tert-OH is 2. The Labute approximate surface area is 118 Å². The van der Waals surface area contributed by atoms with E-state index in [1.165, 1.54) is 0 Å². The highest BCUT2D eigenvalue weighted by atomic mass is 16.5. The van der Waals surface area contributed by atoms with Crippen molar-refractivity contribution in [2.45, 2.75) is 51.4 Å². The highest BCUT2D eigenvalue weighted by Crippen LogP contribution is 2.55. The van der Waals surface area contributed by atoms with Crippen LogP contribution in [-0.4, -0.2) is 45.7 Å². The quantitative estimate of drug-likeness (QED) is 0.559. The van der Waals surface area contributed by atoms with Gasteiger partial charge in [0.25, 0.3) is 0 Å². The second-order valence-corrected chi connectivity index (χ2v) is 7.40. The Kier molecular flexibility index (Phi) is 2.85. The molecule has 0 aromatic rings. The maximum atomic E-state index is 11.8. The van der Waals surface area contributed by atoms with Gasteiger partial charge >= 0.3 is 5.97 Å². The van der Waals surface area contributed by atoms with Crippen molar-refractivity contribution < 1.29 is 24.9 Å². The SMILES string of the molecule is CC1(C)C[C@@H]2[C@H]([C@H]1O)[C@@](C)(O)CC1=C(C(=O)OC1)[C@H]2O. The molecule has 3 aliphatic rings. The lowest BCUT2D eigenvalue weighted by atomic mass is 9.76. The molecule has 0 aromatic heterocycles. The molecule has 0 bridgehead atoms. The molecule has 20 heavy (non-hydrogen) atoms. The van der Waals surface area contributed by atoms with Crippen molar-refractivity contribution >= 4 is 5.97 Å². The third-order valence-electron chi connectivity index (χ3n) is 5.33. The van der Waals surface area contributed by atoms with E-state index in [0.29, 0.717) is 17.6 Å². The third-order valence-corrected chi connectivity index (χ3v) is 5.33.